The van der Waals surface area contributed by atoms with E-state index >= 15 is 0 Å². The van der Waals surface area contributed by atoms with Gasteiger partial charge < -0.3 is 19.7 Å². The van der Waals surface area contributed by atoms with Gasteiger partial charge in [-0.1, -0.05) is 24.3 Å². The number of aliphatic hydroxyl groups excluding tert-OH is 2. The lowest BCUT2D eigenvalue weighted by Crippen LogP contribution is -2.59. The second-order valence-corrected chi connectivity index (χ2v) is 4.82. The Morgan fingerprint density at radius 3 is 2.35 bits per heavy atom. The van der Waals surface area contributed by atoms with Crippen LogP contribution in [0.5, 0.6) is 0 Å². The molecule has 0 bridgehead atoms. The number of allylic oxidation sites excluding steroid dienone is 2. The van der Waals surface area contributed by atoms with Crippen molar-refractivity contribution < 1.29 is 19.7 Å². The van der Waals surface area contributed by atoms with Crippen LogP contribution in [0.3, 0.4) is 0 Å². The molecule has 4 nitrogen and oxygen atoms in total. The molecule has 4 heteroatoms. The van der Waals surface area contributed by atoms with Gasteiger partial charge in [-0.3, -0.25) is 0 Å². The number of aliphatic hydroxyl groups is 2. The predicted molar refractivity (Wildman–Crippen MR) is 63.3 cm³/mol. The summed E-state index contributed by atoms with van der Waals surface area (Å²) in [6.07, 6.45) is 6.92. The van der Waals surface area contributed by atoms with E-state index in [1.54, 1.807) is 18.2 Å². The van der Waals surface area contributed by atoms with E-state index in [0.717, 1.165) is 6.42 Å². The highest BCUT2D eigenvalue weighted by Crippen LogP contribution is 2.38. The molecular formula is C13H20O4. The topological polar surface area (TPSA) is 58.9 Å². The fraction of sp³-hybridized carbons (Fsp3) is 0.692. The Bertz CT molecular complexity index is 313. The third-order valence-corrected chi connectivity index (χ3v) is 3.31. The lowest BCUT2D eigenvalue weighted by atomic mass is 9.92. The molecule has 17 heavy (non-hydrogen) atoms. The lowest BCUT2D eigenvalue weighted by Gasteiger charge is -2.47. The maximum atomic E-state index is 10.2. The van der Waals surface area contributed by atoms with Gasteiger partial charge in [-0.25, -0.2) is 0 Å². The summed E-state index contributed by atoms with van der Waals surface area (Å²) in [6.45, 7) is 3.80. The summed E-state index contributed by atoms with van der Waals surface area (Å²) in [4.78, 5) is 0. The van der Waals surface area contributed by atoms with Crippen LogP contribution in [0.4, 0.5) is 0 Å². The van der Waals surface area contributed by atoms with Crippen LogP contribution in [0, 0.1) is 5.92 Å². The molecule has 1 heterocycles. The number of rotatable bonds is 1. The third kappa shape index (κ3) is 2.31. The molecule has 2 rings (SSSR count). The van der Waals surface area contributed by atoms with Crippen LogP contribution in [0.25, 0.3) is 0 Å². The lowest BCUT2D eigenvalue weighted by molar-refractivity contribution is -0.356. The molecule has 1 unspecified atom stereocenters. The van der Waals surface area contributed by atoms with Crippen LogP contribution < -0.4 is 0 Å². The van der Waals surface area contributed by atoms with E-state index in [2.05, 4.69) is 0 Å². The van der Waals surface area contributed by atoms with Gasteiger partial charge in [-0.2, -0.15) is 0 Å². The van der Waals surface area contributed by atoms with E-state index < -0.39 is 11.9 Å². The molecular weight excluding hydrogens is 220 g/mol. The minimum atomic E-state index is -1.16. The smallest absolute Gasteiger partial charge is 0.207 e. The first-order chi connectivity index (χ1) is 8.08. The molecule has 0 aromatic carbocycles. The van der Waals surface area contributed by atoms with E-state index in [1.807, 2.05) is 19.9 Å². The molecule has 0 aromatic rings. The first-order valence-electron chi connectivity index (χ1n) is 6.08. The number of ether oxygens (including phenoxy) is 2. The van der Waals surface area contributed by atoms with Crippen LogP contribution in [0.1, 0.15) is 20.3 Å². The third-order valence-electron chi connectivity index (χ3n) is 3.31. The predicted octanol–water partition coefficient (Wildman–Crippen LogP) is 0.992. The summed E-state index contributed by atoms with van der Waals surface area (Å²) in [5.74, 6) is -1.52. The summed E-state index contributed by atoms with van der Waals surface area (Å²) in [6, 6.07) is 0. The molecule has 2 N–H and O–H groups in total. The summed E-state index contributed by atoms with van der Waals surface area (Å²) < 4.78 is 11.7. The van der Waals surface area contributed by atoms with Crippen molar-refractivity contribution in [2.75, 3.05) is 6.61 Å². The monoisotopic (exact) mass is 240 g/mol. The molecule has 0 aromatic heterocycles. The molecule has 2 aliphatic rings. The fourth-order valence-corrected chi connectivity index (χ4v) is 2.58. The minimum absolute atomic E-state index is 0.00218. The molecule has 1 spiro atoms. The second-order valence-electron chi connectivity index (χ2n) is 4.82. The largest absolute Gasteiger partial charge is 0.396 e. The molecule has 5 atom stereocenters. The van der Waals surface area contributed by atoms with E-state index in [9.17, 15) is 10.2 Å². The summed E-state index contributed by atoms with van der Waals surface area (Å²) in [5.41, 5.74) is 0. The second kappa shape index (κ2) is 4.90. The van der Waals surface area contributed by atoms with Gasteiger partial charge in [0.05, 0.1) is 24.7 Å². The maximum Gasteiger partial charge on any atom is 0.207 e. The van der Waals surface area contributed by atoms with Crippen molar-refractivity contribution in [2.24, 2.45) is 5.92 Å². The average Bonchev–Trinajstić information content (AvgIpc) is 2.39. The Morgan fingerprint density at radius 1 is 1.18 bits per heavy atom. The van der Waals surface area contributed by atoms with Gasteiger partial charge in [0.25, 0.3) is 0 Å². The van der Waals surface area contributed by atoms with Crippen molar-refractivity contribution in [2.45, 2.75) is 44.4 Å². The van der Waals surface area contributed by atoms with Gasteiger partial charge in [0.15, 0.2) is 0 Å². The van der Waals surface area contributed by atoms with E-state index in [0.29, 0.717) is 0 Å². The van der Waals surface area contributed by atoms with Crippen molar-refractivity contribution in [3.63, 3.8) is 0 Å². The zero-order chi connectivity index (χ0) is 12.5. The van der Waals surface area contributed by atoms with Crippen LogP contribution in [-0.2, 0) is 9.47 Å². The van der Waals surface area contributed by atoms with Gasteiger partial charge >= 0.3 is 0 Å². The summed E-state index contributed by atoms with van der Waals surface area (Å²) >= 11 is 0. The molecule has 1 aliphatic heterocycles. The van der Waals surface area contributed by atoms with Crippen LogP contribution in [0.2, 0.25) is 0 Å². The van der Waals surface area contributed by atoms with Gasteiger partial charge in [0, 0.05) is 0 Å². The van der Waals surface area contributed by atoms with Crippen molar-refractivity contribution in [1.29, 1.82) is 0 Å². The van der Waals surface area contributed by atoms with Crippen molar-refractivity contribution in [1.82, 2.24) is 0 Å². The van der Waals surface area contributed by atoms with E-state index in [4.69, 9.17) is 9.47 Å². The molecule has 0 saturated carbocycles. The highest BCUT2D eigenvalue weighted by Gasteiger charge is 2.50. The normalized spacial score (nSPS) is 46.1. The van der Waals surface area contributed by atoms with Gasteiger partial charge in [0.1, 0.15) is 6.10 Å². The highest BCUT2D eigenvalue weighted by molar-refractivity contribution is 5.17. The average molecular weight is 240 g/mol. The van der Waals surface area contributed by atoms with Crippen molar-refractivity contribution >= 4 is 0 Å². The Balaban J connectivity index is 2.34. The molecule has 96 valence electrons. The van der Waals surface area contributed by atoms with Gasteiger partial charge in [-0.15, -0.1) is 0 Å². The molecule has 1 fully saturated rings. The molecule has 0 radical (unpaired) electrons. The van der Waals surface area contributed by atoms with Crippen LogP contribution in [0.15, 0.2) is 24.3 Å². The summed E-state index contributed by atoms with van der Waals surface area (Å²) in [7, 11) is 0. The maximum absolute atomic E-state index is 10.2. The quantitative estimate of drug-likeness (QED) is 0.717. The Hall–Kier alpha value is -0.680. The zero-order valence-corrected chi connectivity index (χ0v) is 10.2. The standard InChI is InChI=1S/C13H20O4/c1-9-7-10(2)17-13(16-9)11(8-14)5-3-4-6-12(13)15/h3-6,9-12,14-15H,7-8H2,1-2H3/t9-,10+,11-,12+,13?/m1/s1. The SMILES string of the molecule is C[C@@H]1C[C@H](C)OC2(O1)[C@@H](CO)C=CC=C[C@@H]2O. The van der Waals surface area contributed by atoms with Gasteiger partial charge in [-0.05, 0) is 20.3 Å². The Morgan fingerprint density at radius 2 is 1.76 bits per heavy atom. The highest BCUT2D eigenvalue weighted by atomic mass is 16.7. The Kier molecular flexibility index (Phi) is 3.68. The molecule has 0 amide bonds. The van der Waals surface area contributed by atoms with Crippen molar-refractivity contribution in [3.05, 3.63) is 24.3 Å². The fourth-order valence-electron chi connectivity index (χ4n) is 2.58. The molecule has 1 aliphatic carbocycles. The van der Waals surface area contributed by atoms with Crippen LogP contribution >= 0.6 is 0 Å². The van der Waals surface area contributed by atoms with Gasteiger partial charge in [0.2, 0.25) is 5.79 Å². The zero-order valence-electron chi connectivity index (χ0n) is 10.2. The first-order valence-corrected chi connectivity index (χ1v) is 6.08. The minimum Gasteiger partial charge on any atom is -0.396 e. The van der Waals surface area contributed by atoms with E-state index in [1.165, 1.54) is 0 Å². The van der Waals surface area contributed by atoms with Crippen molar-refractivity contribution in [3.8, 4) is 0 Å². The summed E-state index contributed by atoms with van der Waals surface area (Å²) in [5, 5.41) is 19.7. The van der Waals surface area contributed by atoms with Crippen LogP contribution in [-0.4, -0.2) is 40.9 Å². The Labute approximate surface area is 102 Å². The number of hydrogen-bond donors (Lipinski definition) is 2. The number of hydrogen-bond acceptors (Lipinski definition) is 4. The first kappa shape index (κ1) is 12.8. The van der Waals surface area contributed by atoms with E-state index in [-0.39, 0.29) is 24.7 Å². The molecule has 1 saturated heterocycles.